The van der Waals surface area contributed by atoms with Crippen molar-refractivity contribution in [1.29, 1.82) is 0 Å². The Morgan fingerprint density at radius 2 is 0.453 bits per heavy atom. The number of rotatable bonds is 10. The van der Waals surface area contributed by atoms with Gasteiger partial charge in [0, 0.05) is 50.0 Å². The molecule has 14 aromatic rings. The maximum absolute atomic E-state index is 2.40. The van der Waals surface area contributed by atoms with Crippen LogP contribution in [0.2, 0.25) is 0 Å². The molecule has 352 valence electrons. The maximum atomic E-state index is 2.40. The average molecular weight is 956 g/mol. The topological polar surface area (TPSA) is 13.1 Å². The molecule has 14 rings (SSSR count). The number of anilines is 3. The lowest BCUT2D eigenvalue weighted by Crippen LogP contribution is -2.09. The second-order valence-corrected chi connectivity index (χ2v) is 19.3. The van der Waals surface area contributed by atoms with Crippen LogP contribution in [0.25, 0.3) is 111 Å². The Balaban J connectivity index is 0.749. The fourth-order valence-electron chi connectivity index (χ4n) is 11.2. The van der Waals surface area contributed by atoms with Gasteiger partial charge in [0.05, 0.1) is 22.1 Å². The van der Waals surface area contributed by atoms with E-state index in [4.69, 9.17) is 0 Å². The standard InChI is InChI=1S/C72H49N3/c1-4-14-50(15-5-1)52-28-38-61(39-29-52)73(62-40-30-53(31-41-62)51-16-6-2-7-17-51)63-42-32-54(33-43-63)55-34-44-64(45-35-55)75-70-23-13-11-21-66(70)68-49-59(37-47-72(68)75)57-26-24-56(25-27-57)58-36-46-71-67(48-58)65-20-10-12-22-69(65)74(71)60-18-8-3-9-19-60/h1-49H. The molecule has 0 radical (unpaired) electrons. The van der Waals surface area contributed by atoms with Crippen molar-refractivity contribution in [1.82, 2.24) is 9.13 Å². The number of hydrogen-bond donors (Lipinski definition) is 0. The average Bonchev–Trinajstić information content (AvgIpc) is 4.01. The number of nitrogens with zero attached hydrogens (tertiary/aromatic N) is 3. The maximum Gasteiger partial charge on any atom is 0.0541 e. The Kier molecular flexibility index (Phi) is 10.8. The van der Waals surface area contributed by atoms with Gasteiger partial charge < -0.3 is 14.0 Å². The van der Waals surface area contributed by atoms with Gasteiger partial charge in [-0.1, -0.05) is 200 Å². The van der Waals surface area contributed by atoms with Crippen LogP contribution in [0, 0.1) is 0 Å². The minimum atomic E-state index is 1.09. The van der Waals surface area contributed by atoms with Crippen LogP contribution >= 0.6 is 0 Å². The minimum Gasteiger partial charge on any atom is -0.311 e. The van der Waals surface area contributed by atoms with Gasteiger partial charge in [0.15, 0.2) is 0 Å². The van der Waals surface area contributed by atoms with Crippen molar-refractivity contribution in [2.75, 3.05) is 4.90 Å². The molecular formula is C72H49N3. The van der Waals surface area contributed by atoms with E-state index in [1.54, 1.807) is 0 Å². The predicted molar refractivity (Wildman–Crippen MR) is 317 cm³/mol. The van der Waals surface area contributed by atoms with E-state index in [9.17, 15) is 0 Å². The quantitative estimate of drug-likeness (QED) is 0.133. The smallest absolute Gasteiger partial charge is 0.0541 e. The van der Waals surface area contributed by atoms with Crippen LogP contribution < -0.4 is 4.90 Å². The normalized spacial score (nSPS) is 11.5. The van der Waals surface area contributed by atoms with E-state index in [2.05, 4.69) is 311 Å². The summed E-state index contributed by atoms with van der Waals surface area (Å²) >= 11 is 0. The first-order valence-corrected chi connectivity index (χ1v) is 25.7. The number of fused-ring (bicyclic) bond motifs is 6. The predicted octanol–water partition coefficient (Wildman–Crippen LogP) is 19.7. The number of hydrogen-bond acceptors (Lipinski definition) is 1. The molecule has 3 nitrogen and oxygen atoms in total. The number of para-hydroxylation sites is 3. The van der Waals surface area contributed by atoms with E-state index in [-0.39, 0.29) is 0 Å². The molecule has 12 aromatic carbocycles. The van der Waals surface area contributed by atoms with Gasteiger partial charge in [-0.15, -0.1) is 0 Å². The summed E-state index contributed by atoms with van der Waals surface area (Å²) in [6.45, 7) is 0. The second kappa shape index (κ2) is 18.6. The molecule has 0 unspecified atom stereocenters. The van der Waals surface area contributed by atoms with E-state index in [0.717, 1.165) is 28.3 Å². The van der Waals surface area contributed by atoms with Gasteiger partial charge in [-0.3, -0.25) is 0 Å². The molecule has 2 aromatic heterocycles. The fraction of sp³-hybridized carbons (Fsp3) is 0. The van der Waals surface area contributed by atoms with Crippen molar-refractivity contribution in [3.63, 3.8) is 0 Å². The SMILES string of the molecule is c1ccc(-c2ccc(N(c3ccc(-c4ccccc4)cc3)c3ccc(-c4ccc(-n5c6ccccc6c6cc(-c7ccc(-c8ccc9c(c8)c8ccccc8n9-c8ccccc8)cc7)ccc65)cc4)cc3)cc2)cc1. The van der Waals surface area contributed by atoms with Crippen molar-refractivity contribution < 1.29 is 0 Å². The first kappa shape index (κ1) is 43.8. The van der Waals surface area contributed by atoms with Crippen LogP contribution in [0.3, 0.4) is 0 Å². The van der Waals surface area contributed by atoms with Gasteiger partial charge in [-0.25, -0.2) is 0 Å². The zero-order valence-electron chi connectivity index (χ0n) is 41.1. The molecule has 0 aliphatic heterocycles. The summed E-state index contributed by atoms with van der Waals surface area (Å²) in [5.74, 6) is 0. The van der Waals surface area contributed by atoms with Crippen LogP contribution in [0.5, 0.6) is 0 Å². The highest BCUT2D eigenvalue weighted by Gasteiger charge is 2.17. The Hall–Kier alpha value is -9.96. The Morgan fingerprint density at radius 3 is 0.853 bits per heavy atom. The number of aromatic nitrogens is 2. The van der Waals surface area contributed by atoms with E-state index in [1.165, 1.54) is 99.4 Å². The molecular weight excluding hydrogens is 907 g/mol. The van der Waals surface area contributed by atoms with E-state index < -0.39 is 0 Å². The van der Waals surface area contributed by atoms with Crippen molar-refractivity contribution in [3.8, 4) is 67.0 Å². The third-order valence-electron chi connectivity index (χ3n) is 15.0. The zero-order chi connectivity index (χ0) is 49.7. The van der Waals surface area contributed by atoms with Crippen molar-refractivity contribution in [2.24, 2.45) is 0 Å². The Labute approximate surface area is 436 Å². The first-order valence-electron chi connectivity index (χ1n) is 25.7. The van der Waals surface area contributed by atoms with E-state index >= 15 is 0 Å². The summed E-state index contributed by atoms with van der Waals surface area (Å²) < 4.78 is 4.77. The molecule has 2 heterocycles. The molecule has 0 spiro atoms. The summed E-state index contributed by atoms with van der Waals surface area (Å²) in [6.07, 6.45) is 0. The lowest BCUT2D eigenvalue weighted by molar-refractivity contribution is 1.18. The molecule has 75 heavy (non-hydrogen) atoms. The van der Waals surface area contributed by atoms with Crippen molar-refractivity contribution in [3.05, 3.63) is 297 Å². The van der Waals surface area contributed by atoms with Crippen LogP contribution in [0.15, 0.2) is 297 Å². The summed E-state index contributed by atoms with van der Waals surface area (Å²) in [5.41, 5.74) is 22.3. The third kappa shape index (κ3) is 7.95. The molecule has 0 aliphatic rings. The minimum absolute atomic E-state index is 1.09. The summed E-state index contributed by atoms with van der Waals surface area (Å²) in [5, 5.41) is 4.99. The van der Waals surface area contributed by atoms with Gasteiger partial charge in [0.25, 0.3) is 0 Å². The number of benzene rings is 12. The van der Waals surface area contributed by atoms with Crippen LogP contribution in [-0.4, -0.2) is 9.13 Å². The Morgan fingerprint density at radius 1 is 0.187 bits per heavy atom. The fourth-order valence-corrected chi connectivity index (χ4v) is 11.2. The highest BCUT2D eigenvalue weighted by molar-refractivity contribution is 6.12. The monoisotopic (exact) mass is 955 g/mol. The highest BCUT2D eigenvalue weighted by atomic mass is 15.1. The molecule has 0 amide bonds. The summed E-state index contributed by atoms with van der Waals surface area (Å²) in [7, 11) is 0. The third-order valence-corrected chi connectivity index (χ3v) is 15.0. The molecule has 0 fully saturated rings. The summed E-state index contributed by atoms with van der Waals surface area (Å²) in [6, 6.07) is 108. The van der Waals surface area contributed by atoms with Gasteiger partial charge in [-0.2, -0.15) is 0 Å². The first-order chi connectivity index (χ1) is 37.2. The lowest BCUT2D eigenvalue weighted by atomic mass is 9.98. The highest BCUT2D eigenvalue weighted by Crippen LogP contribution is 2.41. The van der Waals surface area contributed by atoms with Crippen LogP contribution in [0.4, 0.5) is 17.1 Å². The molecule has 0 aliphatic carbocycles. The van der Waals surface area contributed by atoms with Crippen LogP contribution in [-0.2, 0) is 0 Å². The summed E-state index contributed by atoms with van der Waals surface area (Å²) in [4.78, 5) is 2.34. The molecule has 0 N–H and O–H groups in total. The lowest BCUT2D eigenvalue weighted by Gasteiger charge is -2.26. The molecule has 0 saturated heterocycles. The van der Waals surface area contributed by atoms with E-state index in [0.29, 0.717) is 0 Å². The molecule has 0 atom stereocenters. The largest absolute Gasteiger partial charge is 0.311 e. The molecule has 0 saturated carbocycles. The van der Waals surface area contributed by atoms with Gasteiger partial charge in [0.2, 0.25) is 0 Å². The van der Waals surface area contributed by atoms with Crippen molar-refractivity contribution in [2.45, 2.75) is 0 Å². The van der Waals surface area contributed by atoms with Crippen molar-refractivity contribution >= 4 is 60.7 Å². The van der Waals surface area contributed by atoms with Crippen LogP contribution in [0.1, 0.15) is 0 Å². The van der Waals surface area contributed by atoms with Gasteiger partial charge in [-0.05, 0) is 153 Å². The second-order valence-electron chi connectivity index (χ2n) is 19.3. The molecule has 0 bridgehead atoms. The van der Waals surface area contributed by atoms with E-state index in [1.807, 2.05) is 0 Å². The van der Waals surface area contributed by atoms with Gasteiger partial charge >= 0.3 is 0 Å². The Bertz CT molecular complexity index is 4240. The molecule has 3 heteroatoms. The van der Waals surface area contributed by atoms with Gasteiger partial charge in [0.1, 0.15) is 0 Å². The zero-order valence-corrected chi connectivity index (χ0v) is 41.1.